The van der Waals surface area contributed by atoms with Crippen LogP contribution in [0.5, 0.6) is 0 Å². The highest BCUT2D eigenvalue weighted by atomic mass is 15.1. The number of imidazole rings is 2. The highest BCUT2D eigenvalue weighted by molar-refractivity contribution is 7.00. The molecule has 2 aliphatic heterocycles. The van der Waals surface area contributed by atoms with E-state index in [1.54, 1.807) is 0 Å². The van der Waals surface area contributed by atoms with Crippen molar-refractivity contribution in [3.05, 3.63) is 203 Å². The zero-order valence-electron chi connectivity index (χ0n) is 39.2. The molecule has 8 nitrogen and oxygen atoms in total. The van der Waals surface area contributed by atoms with E-state index in [-0.39, 0.29) is 6.71 Å². The monoisotopic (exact) mass is 906 g/mol. The maximum atomic E-state index is 10.6. The Kier molecular flexibility index (Phi) is 7.84. The van der Waals surface area contributed by atoms with Crippen LogP contribution in [0.2, 0.25) is 0 Å². The molecule has 0 atom stereocenters. The van der Waals surface area contributed by atoms with Gasteiger partial charge in [-0.05, 0) is 109 Å². The van der Waals surface area contributed by atoms with E-state index >= 15 is 0 Å². The van der Waals surface area contributed by atoms with Crippen LogP contribution in [0.3, 0.4) is 0 Å². The van der Waals surface area contributed by atoms with Gasteiger partial charge >= 0.3 is 0 Å². The number of aryl methyl sites for hydroxylation is 4. The highest BCUT2D eigenvalue weighted by Gasteiger charge is 2.44. The molecule has 0 radical (unpaired) electrons. The molecule has 9 aromatic carbocycles. The van der Waals surface area contributed by atoms with Crippen molar-refractivity contribution in [2.45, 2.75) is 27.7 Å². The van der Waals surface area contributed by atoms with Crippen molar-refractivity contribution in [2.24, 2.45) is 0 Å². The van der Waals surface area contributed by atoms with Crippen LogP contribution in [0.1, 0.15) is 27.8 Å². The first kappa shape index (κ1) is 39.5. The van der Waals surface area contributed by atoms with Gasteiger partial charge in [-0.3, -0.25) is 9.13 Å². The molecule has 0 saturated heterocycles. The first-order valence-electron chi connectivity index (χ1n) is 24.1. The van der Waals surface area contributed by atoms with Gasteiger partial charge in [-0.15, -0.1) is 0 Å². The second-order valence-corrected chi connectivity index (χ2v) is 19.3. The van der Waals surface area contributed by atoms with Crippen LogP contribution in [0.4, 0.5) is 5.69 Å². The molecule has 0 unspecified atom stereocenters. The van der Waals surface area contributed by atoms with Gasteiger partial charge in [0.1, 0.15) is 28.8 Å². The smallest absolute Gasteiger partial charge is 0.252 e. The lowest BCUT2D eigenvalue weighted by atomic mass is 9.34. The number of aromatic nitrogens is 6. The normalized spacial score (nSPS) is 12.5. The summed E-state index contributed by atoms with van der Waals surface area (Å²) in [5.41, 5.74) is 23.2. The summed E-state index contributed by atoms with van der Waals surface area (Å²) in [5, 5.41) is 15.0. The topological polar surface area (TPSA) is 73.7 Å². The minimum atomic E-state index is -0.226. The van der Waals surface area contributed by atoms with E-state index in [0.29, 0.717) is 11.3 Å². The zero-order valence-corrected chi connectivity index (χ0v) is 39.2. The lowest BCUT2D eigenvalue weighted by molar-refractivity contribution is 1.07. The van der Waals surface area contributed by atoms with E-state index in [0.717, 1.165) is 139 Å². The van der Waals surface area contributed by atoms with Gasteiger partial charge in [0.2, 0.25) is 5.69 Å². The molecular formula is C62H39BN8. The van der Waals surface area contributed by atoms with Gasteiger partial charge in [-0.1, -0.05) is 121 Å². The van der Waals surface area contributed by atoms with Gasteiger partial charge in [-0.2, -0.15) is 5.26 Å². The summed E-state index contributed by atoms with van der Waals surface area (Å²) in [6, 6.07) is 60.1. The van der Waals surface area contributed by atoms with Gasteiger partial charge < -0.3 is 9.13 Å². The fourth-order valence-electron chi connectivity index (χ4n) is 12.7. The summed E-state index contributed by atoms with van der Waals surface area (Å²) in [4.78, 5) is 15.8. The van der Waals surface area contributed by atoms with E-state index in [1.165, 1.54) is 10.9 Å². The molecule has 6 heterocycles. The lowest BCUT2D eigenvalue weighted by Crippen LogP contribution is -2.59. The van der Waals surface area contributed by atoms with Crippen LogP contribution in [-0.2, 0) is 0 Å². The Morgan fingerprint density at radius 1 is 0.465 bits per heavy atom. The zero-order chi connectivity index (χ0) is 47.6. The van der Waals surface area contributed by atoms with Crippen LogP contribution < -0.4 is 16.4 Å². The standard InChI is InChI=1S/C62H39BN8/c1-34-17-14-18-35(2)52(34)61-66-55-57-41(39-22-7-11-26-47(39)68(57)46-25-10-6-21-38(46)33-64)31-43-59(55)70(61)50-29-16-30-51-54(50)63(43)44-32-42-40-23-8-12-27-48(40)69(49-28-13-9-24-45(49)65-5)58(42)56-60(44)71(51)62(67-56)53-36(3)19-15-20-37(53)4/h6-32H,1-4H3. The summed E-state index contributed by atoms with van der Waals surface area (Å²) in [6.07, 6.45) is 0. The number of para-hydroxylation sites is 5. The second kappa shape index (κ2) is 14.1. The molecule has 0 saturated carbocycles. The Morgan fingerprint density at radius 2 is 0.901 bits per heavy atom. The molecule has 0 bridgehead atoms. The van der Waals surface area contributed by atoms with Crippen molar-refractivity contribution >= 4 is 94.5 Å². The molecule has 0 aliphatic carbocycles. The molecule has 0 spiro atoms. The van der Waals surface area contributed by atoms with Crippen LogP contribution in [0.15, 0.2) is 164 Å². The van der Waals surface area contributed by atoms with Gasteiger partial charge in [-0.25, -0.2) is 14.8 Å². The molecule has 330 valence electrons. The Morgan fingerprint density at radius 3 is 1.42 bits per heavy atom. The van der Waals surface area contributed by atoms with Crippen LogP contribution in [0, 0.1) is 45.6 Å². The van der Waals surface area contributed by atoms with Crippen LogP contribution >= 0.6 is 0 Å². The van der Waals surface area contributed by atoms with E-state index in [1.807, 2.05) is 36.4 Å². The van der Waals surface area contributed by atoms with E-state index in [4.69, 9.17) is 16.5 Å². The van der Waals surface area contributed by atoms with Gasteiger partial charge in [0.05, 0.1) is 56.6 Å². The van der Waals surface area contributed by atoms with Crippen molar-refractivity contribution in [3.8, 4) is 51.6 Å². The first-order chi connectivity index (χ1) is 34.9. The summed E-state index contributed by atoms with van der Waals surface area (Å²) in [7, 11) is 0. The molecule has 71 heavy (non-hydrogen) atoms. The third kappa shape index (κ3) is 4.96. The number of nitriles is 1. The molecule has 2 aliphatic rings. The number of fused-ring (bicyclic) bond motifs is 12. The summed E-state index contributed by atoms with van der Waals surface area (Å²) in [5.74, 6) is 1.77. The predicted molar refractivity (Wildman–Crippen MR) is 290 cm³/mol. The van der Waals surface area contributed by atoms with Gasteiger partial charge in [0, 0.05) is 44.0 Å². The van der Waals surface area contributed by atoms with Crippen molar-refractivity contribution < 1.29 is 0 Å². The largest absolute Gasteiger partial charge is 0.317 e. The van der Waals surface area contributed by atoms with E-state index in [9.17, 15) is 5.26 Å². The Bertz CT molecular complexity index is 4340. The molecule has 0 fully saturated rings. The number of hydrogen-bond donors (Lipinski definition) is 0. The third-order valence-corrected chi connectivity index (χ3v) is 15.5. The second-order valence-electron chi connectivity index (χ2n) is 19.3. The fourth-order valence-corrected chi connectivity index (χ4v) is 12.7. The number of rotatable bonds is 4. The maximum absolute atomic E-state index is 10.6. The third-order valence-electron chi connectivity index (χ3n) is 15.5. The highest BCUT2D eigenvalue weighted by Crippen LogP contribution is 2.46. The molecule has 0 amide bonds. The predicted octanol–water partition coefficient (Wildman–Crippen LogP) is 12.7. The van der Waals surface area contributed by atoms with Crippen molar-refractivity contribution in [2.75, 3.05) is 0 Å². The summed E-state index contributed by atoms with van der Waals surface area (Å²) < 4.78 is 9.43. The molecule has 0 N–H and O–H groups in total. The first-order valence-corrected chi connectivity index (χ1v) is 24.1. The van der Waals surface area contributed by atoms with E-state index < -0.39 is 0 Å². The van der Waals surface area contributed by atoms with Crippen molar-refractivity contribution in [1.82, 2.24) is 28.2 Å². The summed E-state index contributed by atoms with van der Waals surface area (Å²) >= 11 is 0. The van der Waals surface area contributed by atoms with Crippen molar-refractivity contribution in [3.63, 3.8) is 0 Å². The Hall–Kier alpha value is -9.44. The number of nitrogens with zero attached hydrogens (tertiary/aromatic N) is 8. The lowest BCUT2D eigenvalue weighted by Gasteiger charge is -2.34. The fraction of sp³-hybridized carbons (Fsp3) is 0.0645. The number of hydrogen-bond acceptors (Lipinski definition) is 3. The average molecular weight is 907 g/mol. The molecule has 9 heteroatoms. The minimum Gasteiger partial charge on any atom is -0.317 e. The molecule has 4 aromatic heterocycles. The van der Waals surface area contributed by atoms with Crippen LogP contribution in [-0.4, -0.2) is 34.9 Å². The Labute approximate surface area is 408 Å². The van der Waals surface area contributed by atoms with Crippen LogP contribution in [0.25, 0.3) is 116 Å². The quantitative estimate of drug-likeness (QED) is 0.130. The number of benzene rings is 9. The van der Waals surface area contributed by atoms with Crippen molar-refractivity contribution in [1.29, 1.82) is 5.26 Å². The average Bonchev–Trinajstić information content (AvgIpc) is 4.15. The maximum Gasteiger partial charge on any atom is 0.252 e. The minimum absolute atomic E-state index is 0.226. The molecular weight excluding hydrogens is 868 g/mol. The van der Waals surface area contributed by atoms with Gasteiger partial charge in [0.15, 0.2) is 0 Å². The molecule has 13 aromatic rings. The Balaban J connectivity index is 1.18. The van der Waals surface area contributed by atoms with E-state index in [2.05, 4.69) is 184 Å². The van der Waals surface area contributed by atoms with Gasteiger partial charge in [0.25, 0.3) is 6.71 Å². The molecule has 15 rings (SSSR count). The SMILES string of the molecule is [C-]#[N+]c1ccccc1-n1c2ccccc2c2cc3c4c(nc(-c5c(C)cccc5C)n4-c4cccc5c4B3c3cc4c6ccccc6n(-c6ccccc6C#N)c4c4nc(-c6c(C)cccc6C)n-5c34)c21. The summed E-state index contributed by atoms with van der Waals surface area (Å²) in [6.45, 7) is 16.9.